The van der Waals surface area contributed by atoms with Gasteiger partial charge in [0.15, 0.2) is 9.84 Å². The van der Waals surface area contributed by atoms with Crippen molar-refractivity contribution in [1.82, 2.24) is 0 Å². The van der Waals surface area contributed by atoms with E-state index in [0.717, 1.165) is 11.1 Å². The summed E-state index contributed by atoms with van der Waals surface area (Å²) < 4.78 is 24.0. The van der Waals surface area contributed by atoms with Crippen molar-refractivity contribution in [2.24, 2.45) is 0 Å². The van der Waals surface area contributed by atoms with Crippen LogP contribution in [0.3, 0.4) is 0 Å². The minimum atomic E-state index is -3.37. The summed E-state index contributed by atoms with van der Waals surface area (Å²) in [6.07, 6.45) is 1.96. The molecule has 1 aromatic carbocycles. The Bertz CT molecular complexity index is 753. The SMILES string of the molecule is CS(=O)(=O)c1ccccc1NC(=O)CCc1ccc(Cl)s1. The maximum atomic E-state index is 11.9. The van der Waals surface area contributed by atoms with Crippen LogP contribution >= 0.6 is 22.9 Å². The number of hydrogen-bond acceptors (Lipinski definition) is 4. The number of thiophene rings is 1. The lowest BCUT2D eigenvalue weighted by atomic mass is 10.2. The predicted octanol–water partition coefficient (Wildman–Crippen LogP) is 3.38. The molecule has 1 heterocycles. The summed E-state index contributed by atoms with van der Waals surface area (Å²) in [5.41, 5.74) is 0.314. The third kappa shape index (κ3) is 4.56. The van der Waals surface area contributed by atoms with Gasteiger partial charge in [0, 0.05) is 17.6 Å². The zero-order valence-electron chi connectivity index (χ0n) is 11.3. The fraction of sp³-hybridized carbons (Fsp3) is 0.214. The monoisotopic (exact) mass is 343 g/mol. The molecule has 2 rings (SSSR count). The number of hydrogen-bond donors (Lipinski definition) is 1. The number of rotatable bonds is 5. The first-order valence-corrected chi connectivity index (χ1v) is 9.28. The number of benzene rings is 1. The number of aryl methyl sites for hydroxylation is 1. The highest BCUT2D eigenvalue weighted by Gasteiger charge is 2.14. The summed E-state index contributed by atoms with van der Waals surface area (Å²) >= 11 is 7.26. The molecule has 4 nitrogen and oxygen atoms in total. The smallest absolute Gasteiger partial charge is 0.224 e. The Hall–Kier alpha value is -1.37. The van der Waals surface area contributed by atoms with Gasteiger partial charge in [-0.1, -0.05) is 23.7 Å². The molecule has 0 saturated carbocycles. The second kappa shape index (κ2) is 6.60. The van der Waals surface area contributed by atoms with Crippen LogP contribution in [0, 0.1) is 0 Å². The van der Waals surface area contributed by atoms with Gasteiger partial charge in [0.05, 0.1) is 14.9 Å². The predicted molar refractivity (Wildman–Crippen MR) is 85.8 cm³/mol. The molecule has 0 spiro atoms. The molecule has 0 atom stereocenters. The number of para-hydroxylation sites is 1. The molecule has 21 heavy (non-hydrogen) atoms. The molecule has 2 aromatic rings. The summed E-state index contributed by atoms with van der Waals surface area (Å²) in [6.45, 7) is 0. The molecule has 0 fully saturated rings. The van der Waals surface area contributed by atoms with Gasteiger partial charge < -0.3 is 5.32 Å². The summed E-state index contributed by atoms with van der Waals surface area (Å²) in [6, 6.07) is 10.0. The van der Waals surface area contributed by atoms with Crippen LogP contribution in [0.1, 0.15) is 11.3 Å². The molecule has 1 amide bonds. The van der Waals surface area contributed by atoms with Crippen molar-refractivity contribution in [1.29, 1.82) is 0 Å². The third-order valence-corrected chi connectivity index (χ3v) is 5.23. The van der Waals surface area contributed by atoms with Crippen molar-refractivity contribution in [3.8, 4) is 0 Å². The Morgan fingerprint density at radius 1 is 1.24 bits per heavy atom. The van der Waals surface area contributed by atoms with Crippen LogP contribution in [-0.4, -0.2) is 20.6 Å². The molecule has 7 heteroatoms. The zero-order chi connectivity index (χ0) is 15.5. The van der Waals surface area contributed by atoms with Crippen LogP contribution in [0.4, 0.5) is 5.69 Å². The van der Waals surface area contributed by atoms with Crippen LogP contribution in [0.25, 0.3) is 0 Å². The Balaban J connectivity index is 2.03. The Morgan fingerprint density at radius 2 is 1.95 bits per heavy atom. The van der Waals surface area contributed by atoms with Gasteiger partial charge in [-0.15, -0.1) is 11.3 Å². The highest BCUT2D eigenvalue weighted by atomic mass is 35.5. The Labute approximate surface area is 132 Å². The van der Waals surface area contributed by atoms with Crippen LogP contribution in [0.5, 0.6) is 0 Å². The minimum Gasteiger partial charge on any atom is -0.325 e. The van der Waals surface area contributed by atoms with Crippen molar-refractivity contribution in [3.63, 3.8) is 0 Å². The molecule has 1 N–H and O–H groups in total. The van der Waals surface area contributed by atoms with E-state index in [1.807, 2.05) is 6.07 Å². The molecule has 0 saturated heterocycles. The number of carbonyl (C=O) groups is 1. The van der Waals surface area contributed by atoms with Gasteiger partial charge in [0.25, 0.3) is 0 Å². The van der Waals surface area contributed by atoms with Crippen molar-refractivity contribution in [2.45, 2.75) is 17.7 Å². The lowest BCUT2D eigenvalue weighted by molar-refractivity contribution is -0.116. The third-order valence-electron chi connectivity index (χ3n) is 2.79. The topological polar surface area (TPSA) is 63.2 Å². The van der Waals surface area contributed by atoms with Crippen molar-refractivity contribution in [3.05, 3.63) is 45.6 Å². The average molecular weight is 344 g/mol. The average Bonchev–Trinajstić information content (AvgIpc) is 2.82. The van der Waals surface area contributed by atoms with Crippen LogP contribution in [0.15, 0.2) is 41.3 Å². The van der Waals surface area contributed by atoms with Gasteiger partial charge >= 0.3 is 0 Å². The first kappa shape index (κ1) is 16.0. The molecule has 0 aliphatic rings. The van der Waals surface area contributed by atoms with Crippen molar-refractivity contribution < 1.29 is 13.2 Å². The quantitative estimate of drug-likeness (QED) is 0.905. The minimum absolute atomic E-state index is 0.123. The fourth-order valence-corrected chi connectivity index (χ4v) is 3.76. The van der Waals surface area contributed by atoms with Crippen molar-refractivity contribution in [2.75, 3.05) is 11.6 Å². The second-order valence-electron chi connectivity index (χ2n) is 4.52. The van der Waals surface area contributed by atoms with E-state index < -0.39 is 9.84 Å². The van der Waals surface area contributed by atoms with Crippen LogP contribution in [-0.2, 0) is 21.1 Å². The lowest BCUT2D eigenvalue weighted by Gasteiger charge is -2.09. The summed E-state index contributed by atoms with van der Waals surface area (Å²) in [5, 5.41) is 2.65. The van der Waals surface area contributed by atoms with Gasteiger partial charge in [0.2, 0.25) is 5.91 Å². The van der Waals surface area contributed by atoms with Gasteiger partial charge in [-0.05, 0) is 30.7 Å². The Morgan fingerprint density at radius 3 is 2.57 bits per heavy atom. The van der Waals surface area contributed by atoms with Gasteiger partial charge in [-0.2, -0.15) is 0 Å². The fourth-order valence-electron chi connectivity index (χ4n) is 1.83. The van der Waals surface area contributed by atoms with E-state index in [-0.39, 0.29) is 17.2 Å². The molecule has 0 aliphatic carbocycles. The molecular weight excluding hydrogens is 330 g/mol. The van der Waals surface area contributed by atoms with E-state index in [0.29, 0.717) is 16.4 Å². The van der Waals surface area contributed by atoms with E-state index in [4.69, 9.17) is 11.6 Å². The number of nitrogens with one attached hydrogen (secondary N) is 1. The number of sulfone groups is 1. The van der Waals surface area contributed by atoms with Gasteiger partial charge in [-0.3, -0.25) is 4.79 Å². The first-order chi connectivity index (χ1) is 9.86. The highest BCUT2D eigenvalue weighted by Crippen LogP contribution is 2.23. The molecule has 0 radical (unpaired) electrons. The van der Waals surface area contributed by atoms with E-state index in [9.17, 15) is 13.2 Å². The molecule has 1 aromatic heterocycles. The van der Waals surface area contributed by atoms with Crippen molar-refractivity contribution >= 4 is 44.4 Å². The molecule has 0 aliphatic heterocycles. The molecule has 0 unspecified atom stereocenters. The van der Waals surface area contributed by atoms with E-state index >= 15 is 0 Å². The maximum Gasteiger partial charge on any atom is 0.224 e. The van der Waals surface area contributed by atoms with E-state index in [2.05, 4.69) is 5.32 Å². The summed E-state index contributed by atoms with van der Waals surface area (Å²) in [5.74, 6) is -0.226. The number of anilines is 1. The number of carbonyl (C=O) groups excluding carboxylic acids is 1. The largest absolute Gasteiger partial charge is 0.325 e. The number of halogens is 1. The Kier molecular flexibility index (Phi) is 5.03. The summed E-state index contributed by atoms with van der Waals surface area (Å²) in [7, 11) is -3.37. The molecule has 112 valence electrons. The maximum absolute atomic E-state index is 11.9. The second-order valence-corrected chi connectivity index (χ2v) is 8.31. The van der Waals surface area contributed by atoms with Gasteiger partial charge in [-0.25, -0.2) is 8.42 Å². The highest BCUT2D eigenvalue weighted by molar-refractivity contribution is 7.90. The molecular formula is C14H14ClNO3S2. The van der Waals surface area contributed by atoms with Gasteiger partial charge in [0.1, 0.15) is 0 Å². The summed E-state index contributed by atoms with van der Waals surface area (Å²) in [4.78, 5) is 13.1. The first-order valence-electron chi connectivity index (χ1n) is 6.19. The molecule has 0 bridgehead atoms. The lowest BCUT2D eigenvalue weighted by Crippen LogP contribution is -2.14. The van der Waals surface area contributed by atoms with E-state index in [1.54, 1.807) is 24.3 Å². The van der Waals surface area contributed by atoms with Crippen LogP contribution < -0.4 is 5.32 Å². The normalized spacial score (nSPS) is 11.3. The van der Waals surface area contributed by atoms with E-state index in [1.165, 1.54) is 17.4 Å². The van der Waals surface area contributed by atoms with Crippen LogP contribution in [0.2, 0.25) is 4.34 Å². The number of amides is 1. The standard InChI is InChI=1S/C14H14ClNO3S2/c1-21(18,19)12-5-3-2-4-11(12)16-14(17)9-7-10-6-8-13(15)20-10/h2-6,8H,7,9H2,1H3,(H,16,17). The zero-order valence-corrected chi connectivity index (χ0v) is 13.7.